The summed E-state index contributed by atoms with van der Waals surface area (Å²) in [4.78, 5) is 9.19. The van der Waals surface area contributed by atoms with E-state index < -0.39 is 11.9 Å². The van der Waals surface area contributed by atoms with E-state index in [-0.39, 0.29) is 18.1 Å². The first-order valence-electron chi connectivity index (χ1n) is 5.90. The molecule has 1 aliphatic heterocycles. The number of nitrogens with two attached hydrogens (primary N) is 1. The number of aromatic nitrogens is 2. The molecule has 1 aromatic heterocycles. The van der Waals surface area contributed by atoms with Crippen LogP contribution < -0.4 is 10.6 Å². The van der Waals surface area contributed by atoms with Crippen LogP contribution in [0.25, 0.3) is 0 Å². The van der Waals surface area contributed by atoms with Crippen molar-refractivity contribution in [3.05, 3.63) is 18.0 Å². The van der Waals surface area contributed by atoms with Gasteiger partial charge in [0, 0.05) is 19.3 Å². The maximum Gasteiger partial charge on any atom is 0.433 e. The van der Waals surface area contributed by atoms with Crippen molar-refractivity contribution >= 4 is 5.95 Å². The van der Waals surface area contributed by atoms with Gasteiger partial charge in [-0.3, -0.25) is 0 Å². The van der Waals surface area contributed by atoms with E-state index in [4.69, 9.17) is 10.5 Å². The largest absolute Gasteiger partial charge is 0.433 e. The lowest BCUT2D eigenvalue weighted by Gasteiger charge is -2.37. The molecular weight excluding hydrogens is 261 g/mol. The van der Waals surface area contributed by atoms with Crippen LogP contribution in [0.5, 0.6) is 0 Å². The number of hydrogen-bond acceptors (Lipinski definition) is 5. The molecule has 0 aromatic carbocycles. The molecular formula is C11H15F3N4O. The van der Waals surface area contributed by atoms with Crippen LogP contribution in [0, 0.1) is 0 Å². The predicted octanol–water partition coefficient (Wildman–Crippen LogP) is 1.05. The van der Waals surface area contributed by atoms with Crippen LogP contribution in [0.15, 0.2) is 12.3 Å². The van der Waals surface area contributed by atoms with Gasteiger partial charge >= 0.3 is 6.18 Å². The third-order valence-electron chi connectivity index (χ3n) is 2.96. The SMILES string of the molecule is CC1COC(CN)CN1c1nccc(C(F)(F)F)n1. The highest BCUT2D eigenvalue weighted by Crippen LogP contribution is 2.28. The second kappa shape index (κ2) is 5.30. The predicted molar refractivity (Wildman–Crippen MR) is 62.6 cm³/mol. The van der Waals surface area contributed by atoms with Crippen molar-refractivity contribution in [3.63, 3.8) is 0 Å². The smallest absolute Gasteiger partial charge is 0.373 e. The molecule has 19 heavy (non-hydrogen) atoms. The average molecular weight is 276 g/mol. The van der Waals surface area contributed by atoms with Crippen molar-refractivity contribution in [1.82, 2.24) is 9.97 Å². The van der Waals surface area contributed by atoms with E-state index in [0.29, 0.717) is 19.7 Å². The first kappa shape index (κ1) is 14.0. The van der Waals surface area contributed by atoms with E-state index in [1.807, 2.05) is 6.92 Å². The molecule has 1 aliphatic rings. The van der Waals surface area contributed by atoms with Crippen LogP contribution in [0.4, 0.5) is 19.1 Å². The fraction of sp³-hybridized carbons (Fsp3) is 0.636. The number of ether oxygens (including phenoxy) is 1. The monoisotopic (exact) mass is 276 g/mol. The minimum atomic E-state index is -4.47. The molecule has 0 spiro atoms. The van der Waals surface area contributed by atoms with Gasteiger partial charge in [0.2, 0.25) is 5.95 Å². The molecule has 1 aromatic rings. The molecule has 2 unspecified atom stereocenters. The summed E-state index contributed by atoms with van der Waals surface area (Å²) in [5.74, 6) is 0.0593. The Morgan fingerprint density at radius 3 is 2.89 bits per heavy atom. The lowest BCUT2D eigenvalue weighted by Crippen LogP contribution is -2.51. The van der Waals surface area contributed by atoms with Crippen LogP contribution in [-0.4, -0.2) is 41.8 Å². The summed E-state index contributed by atoms with van der Waals surface area (Å²) in [5.41, 5.74) is 4.57. The van der Waals surface area contributed by atoms with E-state index >= 15 is 0 Å². The van der Waals surface area contributed by atoms with Gasteiger partial charge in [0.15, 0.2) is 0 Å². The van der Waals surface area contributed by atoms with Crippen molar-refractivity contribution in [2.75, 3.05) is 24.6 Å². The summed E-state index contributed by atoms with van der Waals surface area (Å²) in [5, 5.41) is 0. The molecule has 2 atom stereocenters. The minimum Gasteiger partial charge on any atom is -0.373 e. The van der Waals surface area contributed by atoms with Gasteiger partial charge in [-0.25, -0.2) is 9.97 Å². The molecule has 2 heterocycles. The summed E-state index contributed by atoms with van der Waals surface area (Å²) >= 11 is 0. The van der Waals surface area contributed by atoms with Gasteiger partial charge < -0.3 is 15.4 Å². The molecule has 8 heteroatoms. The quantitative estimate of drug-likeness (QED) is 0.874. The summed E-state index contributed by atoms with van der Waals surface area (Å²) in [6.07, 6.45) is -3.57. The third-order valence-corrected chi connectivity index (χ3v) is 2.96. The second-order valence-corrected chi connectivity index (χ2v) is 4.43. The van der Waals surface area contributed by atoms with Gasteiger partial charge in [0.05, 0.1) is 18.8 Å². The van der Waals surface area contributed by atoms with Crippen molar-refractivity contribution < 1.29 is 17.9 Å². The number of anilines is 1. The van der Waals surface area contributed by atoms with E-state index in [1.165, 1.54) is 0 Å². The van der Waals surface area contributed by atoms with E-state index in [0.717, 1.165) is 12.3 Å². The highest BCUT2D eigenvalue weighted by atomic mass is 19.4. The molecule has 1 fully saturated rings. The zero-order valence-electron chi connectivity index (χ0n) is 10.4. The molecule has 0 radical (unpaired) electrons. The van der Waals surface area contributed by atoms with Gasteiger partial charge in [0.1, 0.15) is 5.69 Å². The number of alkyl halides is 3. The Bertz CT molecular complexity index is 440. The molecule has 0 bridgehead atoms. The zero-order chi connectivity index (χ0) is 14.0. The molecule has 106 valence electrons. The van der Waals surface area contributed by atoms with Crippen LogP contribution in [-0.2, 0) is 10.9 Å². The van der Waals surface area contributed by atoms with Crippen molar-refractivity contribution in [2.24, 2.45) is 5.73 Å². The zero-order valence-corrected chi connectivity index (χ0v) is 10.4. The summed E-state index contributed by atoms with van der Waals surface area (Å²) in [7, 11) is 0. The number of nitrogens with zero attached hydrogens (tertiary/aromatic N) is 3. The Balaban J connectivity index is 2.25. The van der Waals surface area contributed by atoms with Gasteiger partial charge in [-0.1, -0.05) is 0 Å². The van der Waals surface area contributed by atoms with Crippen molar-refractivity contribution in [3.8, 4) is 0 Å². The summed E-state index contributed by atoms with van der Waals surface area (Å²) in [6.45, 7) is 2.93. The van der Waals surface area contributed by atoms with Crippen molar-refractivity contribution in [1.29, 1.82) is 0 Å². The van der Waals surface area contributed by atoms with Crippen LogP contribution in [0.1, 0.15) is 12.6 Å². The topological polar surface area (TPSA) is 64.3 Å². The molecule has 5 nitrogen and oxygen atoms in total. The van der Waals surface area contributed by atoms with Gasteiger partial charge in [-0.15, -0.1) is 0 Å². The third kappa shape index (κ3) is 3.13. The van der Waals surface area contributed by atoms with Gasteiger partial charge in [0.25, 0.3) is 0 Å². The normalized spacial score (nSPS) is 24.6. The molecule has 0 amide bonds. The Labute approximate surface area is 108 Å². The number of morpholine rings is 1. The summed E-state index contributed by atoms with van der Waals surface area (Å²) < 4.78 is 43.3. The number of halogens is 3. The first-order chi connectivity index (χ1) is 8.91. The maximum absolute atomic E-state index is 12.6. The van der Waals surface area contributed by atoms with Crippen molar-refractivity contribution in [2.45, 2.75) is 25.2 Å². The molecule has 0 saturated carbocycles. The maximum atomic E-state index is 12.6. The fourth-order valence-electron chi connectivity index (χ4n) is 1.88. The summed E-state index contributed by atoms with van der Waals surface area (Å²) in [6, 6.07) is 0.765. The van der Waals surface area contributed by atoms with Gasteiger partial charge in [-0.05, 0) is 13.0 Å². The molecule has 1 saturated heterocycles. The minimum absolute atomic E-state index is 0.0593. The Hall–Kier alpha value is -1.41. The van der Waals surface area contributed by atoms with E-state index in [9.17, 15) is 13.2 Å². The Kier molecular flexibility index (Phi) is 3.91. The molecule has 2 rings (SSSR count). The first-order valence-corrected chi connectivity index (χ1v) is 5.90. The molecule has 0 aliphatic carbocycles. The second-order valence-electron chi connectivity index (χ2n) is 4.43. The lowest BCUT2D eigenvalue weighted by atomic mass is 10.2. The Morgan fingerprint density at radius 2 is 2.26 bits per heavy atom. The van der Waals surface area contributed by atoms with Crippen LogP contribution in [0.3, 0.4) is 0 Å². The number of hydrogen-bond donors (Lipinski definition) is 1. The van der Waals surface area contributed by atoms with Crippen LogP contribution >= 0.6 is 0 Å². The lowest BCUT2D eigenvalue weighted by molar-refractivity contribution is -0.141. The Morgan fingerprint density at radius 1 is 1.53 bits per heavy atom. The van der Waals surface area contributed by atoms with Gasteiger partial charge in [-0.2, -0.15) is 13.2 Å². The van der Waals surface area contributed by atoms with E-state index in [2.05, 4.69) is 9.97 Å². The highest BCUT2D eigenvalue weighted by molar-refractivity contribution is 5.33. The van der Waals surface area contributed by atoms with E-state index in [1.54, 1.807) is 4.90 Å². The fourth-order valence-corrected chi connectivity index (χ4v) is 1.88. The highest BCUT2D eigenvalue weighted by Gasteiger charge is 2.34. The average Bonchev–Trinajstić information content (AvgIpc) is 2.38. The number of rotatable bonds is 2. The molecule has 2 N–H and O–H groups in total. The standard InChI is InChI=1S/C11H15F3N4O/c1-7-6-19-8(4-15)5-18(7)10-16-3-2-9(17-10)11(12,13)14/h2-3,7-8H,4-6,15H2,1H3. The van der Waals surface area contributed by atoms with Crippen LogP contribution in [0.2, 0.25) is 0 Å².